The second-order valence-corrected chi connectivity index (χ2v) is 5.84. The van der Waals surface area contributed by atoms with Gasteiger partial charge >= 0.3 is 0 Å². The number of nitrogens with one attached hydrogen (secondary N) is 1. The maximum absolute atomic E-state index is 12.8. The lowest BCUT2D eigenvalue weighted by atomic mass is 10.2. The van der Waals surface area contributed by atoms with Crippen molar-refractivity contribution in [3.63, 3.8) is 0 Å². The van der Waals surface area contributed by atoms with E-state index in [1.807, 2.05) is 28.8 Å². The Morgan fingerprint density at radius 1 is 1.19 bits per heavy atom. The summed E-state index contributed by atoms with van der Waals surface area (Å²) in [7, 11) is 3.07. The van der Waals surface area contributed by atoms with Gasteiger partial charge in [0, 0.05) is 24.5 Å². The first-order valence-corrected chi connectivity index (χ1v) is 8.26. The van der Waals surface area contributed by atoms with E-state index < -0.39 is 5.91 Å². The molecule has 0 aliphatic carbocycles. The third-order valence-corrected chi connectivity index (χ3v) is 4.36. The minimum Gasteiger partial charge on any atom is -0.497 e. The third kappa shape index (κ3) is 3.33. The van der Waals surface area contributed by atoms with Crippen LogP contribution in [0.4, 0.5) is 5.82 Å². The number of anilines is 1. The Bertz CT molecular complexity index is 1080. The number of carbonyl (C=O) groups excluding carboxylic acids is 1. The van der Waals surface area contributed by atoms with Gasteiger partial charge in [-0.15, -0.1) is 12.4 Å². The lowest BCUT2D eigenvalue weighted by molar-refractivity contribution is 0.0993. The standard InChI is InChI=1S/C19H18N4O3.ClH/c1-25-12-7-8-14(16(11-12)26-2)18(24)22-19-21-15-6-4-3-5-13(15)17-20-9-10-23(17)19;/h3-8,11,20H,9-10H2,1-2H3;1H. The van der Waals surface area contributed by atoms with Gasteiger partial charge in [-0.3, -0.25) is 9.36 Å². The molecule has 0 atom stereocenters. The molecule has 0 spiro atoms. The highest BCUT2D eigenvalue weighted by Crippen LogP contribution is 2.25. The van der Waals surface area contributed by atoms with E-state index in [1.165, 1.54) is 7.11 Å². The van der Waals surface area contributed by atoms with Crippen molar-refractivity contribution < 1.29 is 14.3 Å². The van der Waals surface area contributed by atoms with Crippen LogP contribution in [0.2, 0.25) is 0 Å². The first kappa shape index (κ1) is 18.7. The van der Waals surface area contributed by atoms with Crippen LogP contribution in [0.3, 0.4) is 0 Å². The van der Waals surface area contributed by atoms with Gasteiger partial charge in [0.2, 0.25) is 5.62 Å². The second-order valence-electron chi connectivity index (χ2n) is 5.84. The highest BCUT2D eigenvalue weighted by molar-refractivity contribution is 5.98. The van der Waals surface area contributed by atoms with E-state index >= 15 is 0 Å². The number of ether oxygens (including phenoxy) is 2. The summed E-state index contributed by atoms with van der Waals surface area (Å²) in [5.41, 5.74) is 1.54. The number of para-hydroxylation sites is 1. The highest BCUT2D eigenvalue weighted by Gasteiger charge is 2.17. The Kier molecular flexibility index (Phi) is 5.32. The first-order chi connectivity index (χ1) is 12.7. The molecular formula is C19H19ClN4O3. The fraction of sp³-hybridized carbons (Fsp3) is 0.211. The van der Waals surface area contributed by atoms with Gasteiger partial charge in [-0.2, -0.15) is 4.99 Å². The summed E-state index contributed by atoms with van der Waals surface area (Å²) in [6, 6.07) is 12.8. The molecule has 1 N–H and O–H groups in total. The molecule has 1 amide bonds. The highest BCUT2D eigenvalue weighted by atomic mass is 35.5. The summed E-state index contributed by atoms with van der Waals surface area (Å²) < 4.78 is 12.4. The second kappa shape index (κ2) is 7.67. The molecule has 3 aromatic rings. The summed E-state index contributed by atoms with van der Waals surface area (Å²) in [5.74, 6) is 1.55. The van der Waals surface area contributed by atoms with Crippen molar-refractivity contribution in [2.75, 3.05) is 26.1 Å². The van der Waals surface area contributed by atoms with Crippen LogP contribution >= 0.6 is 12.4 Å². The number of hydrogen-bond donors (Lipinski definition) is 1. The van der Waals surface area contributed by atoms with Gasteiger partial charge in [0.05, 0.1) is 25.3 Å². The van der Waals surface area contributed by atoms with Crippen molar-refractivity contribution >= 4 is 35.0 Å². The van der Waals surface area contributed by atoms with Gasteiger partial charge in [0.25, 0.3) is 5.91 Å². The van der Waals surface area contributed by atoms with Crippen molar-refractivity contribution in [2.45, 2.75) is 6.54 Å². The number of halogens is 1. The quantitative estimate of drug-likeness (QED) is 0.748. The van der Waals surface area contributed by atoms with Gasteiger partial charge in [-0.05, 0) is 24.3 Å². The molecule has 0 bridgehead atoms. The fourth-order valence-corrected chi connectivity index (χ4v) is 3.09. The molecule has 8 heteroatoms. The topological polar surface area (TPSA) is 77.7 Å². The molecule has 0 fully saturated rings. The number of methoxy groups -OCH3 is 2. The van der Waals surface area contributed by atoms with Crippen LogP contribution in [0.25, 0.3) is 10.9 Å². The molecule has 4 rings (SSSR count). The van der Waals surface area contributed by atoms with Crippen molar-refractivity contribution in [2.24, 2.45) is 4.99 Å². The Morgan fingerprint density at radius 3 is 2.78 bits per heavy atom. The van der Waals surface area contributed by atoms with Crippen LogP contribution in [-0.4, -0.2) is 36.2 Å². The number of aromatic nitrogens is 2. The molecule has 0 radical (unpaired) electrons. The van der Waals surface area contributed by atoms with Gasteiger partial charge in [-0.25, -0.2) is 4.98 Å². The van der Waals surface area contributed by atoms with E-state index in [1.54, 1.807) is 25.3 Å². The van der Waals surface area contributed by atoms with Crippen molar-refractivity contribution in [1.82, 2.24) is 9.55 Å². The fourth-order valence-electron chi connectivity index (χ4n) is 3.09. The molecule has 7 nitrogen and oxygen atoms in total. The molecule has 1 aliphatic heterocycles. The molecule has 27 heavy (non-hydrogen) atoms. The van der Waals surface area contributed by atoms with Crippen LogP contribution in [0.15, 0.2) is 47.5 Å². The first-order valence-electron chi connectivity index (χ1n) is 8.26. The van der Waals surface area contributed by atoms with Gasteiger partial charge < -0.3 is 14.8 Å². The lowest BCUT2D eigenvalue weighted by Gasteiger charge is -2.09. The lowest BCUT2D eigenvalue weighted by Crippen LogP contribution is -2.24. The molecule has 2 heterocycles. The molecule has 0 saturated carbocycles. The van der Waals surface area contributed by atoms with E-state index in [9.17, 15) is 4.79 Å². The number of hydrogen-bond acceptors (Lipinski definition) is 5. The van der Waals surface area contributed by atoms with E-state index in [2.05, 4.69) is 15.3 Å². The summed E-state index contributed by atoms with van der Waals surface area (Å²) in [6.07, 6.45) is 0. The zero-order valence-corrected chi connectivity index (χ0v) is 15.7. The number of fused-ring (bicyclic) bond motifs is 3. The number of benzene rings is 2. The van der Waals surface area contributed by atoms with Gasteiger partial charge in [0.1, 0.15) is 17.3 Å². The number of nitrogens with zero attached hydrogens (tertiary/aromatic N) is 3. The number of rotatable bonds is 3. The van der Waals surface area contributed by atoms with E-state index in [-0.39, 0.29) is 12.4 Å². The maximum Gasteiger partial charge on any atom is 0.284 e. The monoisotopic (exact) mass is 386 g/mol. The van der Waals surface area contributed by atoms with Crippen molar-refractivity contribution in [3.8, 4) is 11.5 Å². The molecule has 140 valence electrons. The molecule has 0 saturated heterocycles. The normalized spacial score (nSPS) is 12.9. The van der Waals surface area contributed by atoms with Crippen LogP contribution in [0.5, 0.6) is 11.5 Å². The zero-order valence-electron chi connectivity index (χ0n) is 14.9. The SMILES string of the molecule is COc1ccc(C(=O)N=c2nc3ccccc3c3n2CCN3)c(OC)c1.Cl. The average molecular weight is 387 g/mol. The summed E-state index contributed by atoms with van der Waals surface area (Å²) in [4.78, 5) is 21.6. The van der Waals surface area contributed by atoms with E-state index in [4.69, 9.17) is 9.47 Å². The minimum atomic E-state index is -0.408. The zero-order chi connectivity index (χ0) is 18.1. The van der Waals surface area contributed by atoms with Crippen molar-refractivity contribution in [3.05, 3.63) is 53.6 Å². The maximum atomic E-state index is 12.8. The van der Waals surface area contributed by atoms with Crippen LogP contribution < -0.4 is 20.4 Å². The summed E-state index contributed by atoms with van der Waals surface area (Å²) >= 11 is 0. The van der Waals surface area contributed by atoms with Gasteiger partial charge in [0.15, 0.2) is 0 Å². The predicted octanol–water partition coefficient (Wildman–Crippen LogP) is 2.64. The number of amides is 1. The van der Waals surface area contributed by atoms with Crippen LogP contribution in [0, 0.1) is 0 Å². The largest absolute Gasteiger partial charge is 0.497 e. The molecular weight excluding hydrogens is 368 g/mol. The van der Waals surface area contributed by atoms with E-state index in [0.717, 1.165) is 23.3 Å². The average Bonchev–Trinajstić information content (AvgIpc) is 3.18. The van der Waals surface area contributed by atoms with E-state index in [0.29, 0.717) is 29.2 Å². The summed E-state index contributed by atoms with van der Waals surface area (Å²) in [6.45, 7) is 1.48. The third-order valence-electron chi connectivity index (χ3n) is 4.36. The molecule has 2 aromatic carbocycles. The summed E-state index contributed by atoms with van der Waals surface area (Å²) in [5, 5.41) is 4.36. The minimum absolute atomic E-state index is 0. The van der Waals surface area contributed by atoms with Crippen molar-refractivity contribution in [1.29, 1.82) is 0 Å². The molecule has 0 unspecified atom stereocenters. The van der Waals surface area contributed by atoms with Gasteiger partial charge in [-0.1, -0.05) is 12.1 Å². The molecule has 1 aliphatic rings. The Balaban J connectivity index is 0.00000210. The molecule has 1 aromatic heterocycles. The Morgan fingerprint density at radius 2 is 2.00 bits per heavy atom. The number of carbonyl (C=O) groups is 1. The predicted molar refractivity (Wildman–Crippen MR) is 105 cm³/mol. The van der Waals surface area contributed by atoms with Crippen LogP contribution in [-0.2, 0) is 6.54 Å². The Hall–Kier alpha value is -3.06. The smallest absolute Gasteiger partial charge is 0.284 e. The Labute approximate surface area is 162 Å². The van der Waals surface area contributed by atoms with Crippen LogP contribution in [0.1, 0.15) is 10.4 Å².